The number of piperidine rings is 1. The van der Waals surface area contributed by atoms with Crippen molar-refractivity contribution in [2.45, 2.75) is 26.3 Å². The summed E-state index contributed by atoms with van der Waals surface area (Å²) in [6.07, 6.45) is 2.09. The molecule has 0 unspecified atom stereocenters. The summed E-state index contributed by atoms with van der Waals surface area (Å²) in [6, 6.07) is 14.9. The summed E-state index contributed by atoms with van der Waals surface area (Å²) in [4.78, 5) is 26.8. The van der Waals surface area contributed by atoms with Crippen molar-refractivity contribution in [1.82, 2.24) is 10.2 Å². The van der Waals surface area contributed by atoms with E-state index in [4.69, 9.17) is 4.74 Å². The minimum atomic E-state index is -0.144. The van der Waals surface area contributed by atoms with E-state index in [1.165, 1.54) is 0 Å². The monoisotopic (exact) mass is 395 g/mol. The Morgan fingerprint density at radius 2 is 1.83 bits per heavy atom. The van der Waals surface area contributed by atoms with Crippen molar-refractivity contribution in [1.29, 1.82) is 0 Å². The highest BCUT2D eigenvalue weighted by Gasteiger charge is 2.21. The third kappa shape index (κ3) is 6.06. The average Bonchev–Trinajstić information content (AvgIpc) is 2.74. The van der Waals surface area contributed by atoms with Crippen LogP contribution in [0.3, 0.4) is 0 Å². The SMILES string of the molecule is COc1ccc(CNCC(=O)Nc2cccc(C(=O)N3CCC(C)CC3)c2)cc1. The summed E-state index contributed by atoms with van der Waals surface area (Å²) in [5.41, 5.74) is 2.32. The number of rotatable bonds is 7. The molecule has 154 valence electrons. The molecule has 0 radical (unpaired) electrons. The van der Waals surface area contributed by atoms with Crippen molar-refractivity contribution in [3.63, 3.8) is 0 Å². The average molecular weight is 396 g/mol. The molecule has 3 rings (SSSR count). The van der Waals surface area contributed by atoms with Gasteiger partial charge in [-0.2, -0.15) is 0 Å². The highest BCUT2D eigenvalue weighted by atomic mass is 16.5. The van der Waals surface area contributed by atoms with E-state index in [0.717, 1.165) is 37.2 Å². The van der Waals surface area contributed by atoms with Crippen molar-refractivity contribution in [3.05, 3.63) is 59.7 Å². The molecule has 2 aromatic carbocycles. The van der Waals surface area contributed by atoms with Crippen LogP contribution in [0, 0.1) is 5.92 Å². The van der Waals surface area contributed by atoms with Crippen LogP contribution in [-0.2, 0) is 11.3 Å². The second kappa shape index (κ2) is 10.1. The fraction of sp³-hybridized carbons (Fsp3) is 0.391. The fourth-order valence-electron chi connectivity index (χ4n) is 3.39. The number of carbonyl (C=O) groups is 2. The first kappa shape index (κ1) is 20.9. The Hall–Kier alpha value is -2.86. The summed E-state index contributed by atoms with van der Waals surface area (Å²) in [6.45, 7) is 4.59. The van der Waals surface area contributed by atoms with Crippen molar-refractivity contribution >= 4 is 17.5 Å². The van der Waals surface area contributed by atoms with Crippen molar-refractivity contribution in [2.75, 3.05) is 32.1 Å². The molecule has 0 aromatic heterocycles. The Balaban J connectivity index is 1.48. The van der Waals surface area contributed by atoms with E-state index >= 15 is 0 Å². The molecular weight excluding hydrogens is 366 g/mol. The molecule has 2 aromatic rings. The van der Waals surface area contributed by atoms with Crippen LogP contribution >= 0.6 is 0 Å². The predicted molar refractivity (Wildman–Crippen MR) is 114 cm³/mol. The number of carbonyl (C=O) groups excluding carboxylic acids is 2. The number of anilines is 1. The summed E-state index contributed by atoms with van der Waals surface area (Å²) < 4.78 is 5.14. The molecule has 1 fully saturated rings. The molecule has 1 aliphatic rings. The van der Waals surface area contributed by atoms with Gasteiger partial charge in [0.15, 0.2) is 0 Å². The Morgan fingerprint density at radius 3 is 2.52 bits per heavy atom. The fourth-order valence-corrected chi connectivity index (χ4v) is 3.39. The van der Waals surface area contributed by atoms with E-state index in [1.807, 2.05) is 29.2 Å². The molecule has 1 saturated heterocycles. The van der Waals surface area contributed by atoms with E-state index in [-0.39, 0.29) is 18.4 Å². The third-order valence-corrected chi connectivity index (χ3v) is 5.24. The van der Waals surface area contributed by atoms with Crippen LogP contribution in [0.5, 0.6) is 5.75 Å². The Bertz CT molecular complexity index is 828. The molecule has 0 saturated carbocycles. The molecule has 0 spiro atoms. The van der Waals surface area contributed by atoms with Crippen molar-refractivity contribution in [2.24, 2.45) is 5.92 Å². The molecule has 29 heavy (non-hydrogen) atoms. The van der Waals surface area contributed by atoms with Crippen molar-refractivity contribution < 1.29 is 14.3 Å². The third-order valence-electron chi connectivity index (χ3n) is 5.24. The van der Waals surface area contributed by atoms with Gasteiger partial charge in [-0.15, -0.1) is 0 Å². The molecule has 1 heterocycles. The lowest BCUT2D eigenvalue weighted by molar-refractivity contribution is -0.115. The van der Waals surface area contributed by atoms with Crippen LogP contribution in [0.2, 0.25) is 0 Å². The van der Waals surface area contributed by atoms with Gasteiger partial charge in [0.05, 0.1) is 13.7 Å². The largest absolute Gasteiger partial charge is 0.497 e. The maximum atomic E-state index is 12.7. The number of hydrogen-bond acceptors (Lipinski definition) is 4. The minimum Gasteiger partial charge on any atom is -0.497 e. The number of methoxy groups -OCH3 is 1. The van der Waals surface area contributed by atoms with Crippen LogP contribution in [0.4, 0.5) is 5.69 Å². The van der Waals surface area contributed by atoms with Crippen LogP contribution in [-0.4, -0.2) is 43.5 Å². The smallest absolute Gasteiger partial charge is 0.253 e. The first-order chi connectivity index (χ1) is 14.0. The number of likely N-dealkylation sites (tertiary alicyclic amines) is 1. The summed E-state index contributed by atoms with van der Waals surface area (Å²) in [5.74, 6) is 1.37. The summed E-state index contributed by atoms with van der Waals surface area (Å²) >= 11 is 0. The number of benzene rings is 2. The molecule has 2 amide bonds. The maximum Gasteiger partial charge on any atom is 0.253 e. The molecular formula is C23H29N3O3. The molecule has 6 nitrogen and oxygen atoms in total. The molecule has 6 heteroatoms. The van der Waals surface area contributed by atoms with Gasteiger partial charge in [-0.1, -0.05) is 25.1 Å². The van der Waals surface area contributed by atoms with E-state index in [1.54, 1.807) is 31.4 Å². The standard InChI is InChI=1S/C23H29N3O3/c1-17-10-12-26(13-11-17)23(28)19-4-3-5-20(14-19)25-22(27)16-24-15-18-6-8-21(29-2)9-7-18/h3-9,14,17,24H,10-13,15-16H2,1-2H3,(H,25,27). The highest BCUT2D eigenvalue weighted by molar-refractivity contribution is 5.97. The topological polar surface area (TPSA) is 70.7 Å². The second-order valence-corrected chi connectivity index (χ2v) is 7.56. The number of hydrogen-bond donors (Lipinski definition) is 2. The quantitative estimate of drug-likeness (QED) is 0.755. The predicted octanol–water partition coefficient (Wildman–Crippen LogP) is 3.30. The van der Waals surface area contributed by atoms with E-state index in [2.05, 4.69) is 17.6 Å². The zero-order chi connectivity index (χ0) is 20.6. The number of ether oxygens (including phenoxy) is 1. The number of nitrogens with one attached hydrogen (secondary N) is 2. The summed E-state index contributed by atoms with van der Waals surface area (Å²) in [7, 11) is 1.63. The minimum absolute atomic E-state index is 0.0330. The molecule has 2 N–H and O–H groups in total. The lowest BCUT2D eigenvalue weighted by Crippen LogP contribution is -2.37. The number of nitrogens with zero attached hydrogens (tertiary/aromatic N) is 1. The van der Waals surface area contributed by atoms with Crippen LogP contribution < -0.4 is 15.4 Å². The Kier molecular flexibility index (Phi) is 7.25. The van der Waals surface area contributed by atoms with E-state index < -0.39 is 0 Å². The van der Waals surface area contributed by atoms with Gasteiger partial charge in [-0.25, -0.2) is 0 Å². The van der Waals surface area contributed by atoms with Crippen LogP contribution in [0.25, 0.3) is 0 Å². The van der Waals surface area contributed by atoms with Gasteiger partial charge in [0.2, 0.25) is 5.91 Å². The maximum absolute atomic E-state index is 12.7. The molecule has 0 bridgehead atoms. The van der Waals surface area contributed by atoms with Gasteiger partial charge in [0.25, 0.3) is 5.91 Å². The molecule has 0 atom stereocenters. The highest BCUT2D eigenvalue weighted by Crippen LogP contribution is 2.19. The molecule has 0 aliphatic carbocycles. The van der Waals surface area contributed by atoms with E-state index in [9.17, 15) is 9.59 Å². The van der Waals surface area contributed by atoms with Crippen molar-refractivity contribution in [3.8, 4) is 5.75 Å². The Labute approximate surface area is 172 Å². The lowest BCUT2D eigenvalue weighted by Gasteiger charge is -2.30. The zero-order valence-corrected chi connectivity index (χ0v) is 17.1. The van der Waals surface area contributed by atoms with Gasteiger partial charge >= 0.3 is 0 Å². The van der Waals surface area contributed by atoms with Crippen LogP contribution in [0.1, 0.15) is 35.7 Å². The van der Waals surface area contributed by atoms with Gasteiger partial charge in [-0.05, 0) is 54.7 Å². The van der Waals surface area contributed by atoms with E-state index in [0.29, 0.717) is 23.7 Å². The normalized spacial score (nSPS) is 14.5. The van der Waals surface area contributed by atoms with Gasteiger partial charge < -0.3 is 20.3 Å². The first-order valence-electron chi connectivity index (χ1n) is 10.1. The second-order valence-electron chi connectivity index (χ2n) is 7.56. The van der Waals surface area contributed by atoms with Gasteiger partial charge in [0, 0.05) is 30.9 Å². The lowest BCUT2D eigenvalue weighted by atomic mass is 9.98. The number of amides is 2. The molecule has 1 aliphatic heterocycles. The Morgan fingerprint density at radius 1 is 1.10 bits per heavy atom. The zero-order valence-electron chi connectivity index (χ0n) is 17.1. The van der Waals surface area contributed by atoms with Gasteiger partial charge in [0.1, 0.15) is 5.75 Å². The first-order valence-corrected chi connectivity index (χ1v) is 10.1. The van der Waals surface area contributed by atoms with Crippen LogP contribution in [0.15, 0.2) is 48.5 Å². The van der Waals surface area contributed by atoms with Gasteiger partial charge in [-0.3, -0.25) is 9.59 Å². The summed E-state index contributed by atoms with van der Waals surface area (Å²) in [5, 5.41) is 5.98.